The summed E-state index contributed by atoms with van der Waals surface area (Å²) in [7, 11) is 2.61. The van der Waals surface area contributed by atoms with Crippen molar-refractivity contribution in [2.24, 2.45) is 19.1 Å². The van der Waals surface area contributed by atoms with E-state index in [-0.39, 0.29) is 10.6 Å². The fourth-order valence-corrected chi connectivity index (χ4v) is 1.85. The molecule has 110 valence electrons. The van der Waals surface area contributed by atoms with Crippen molar-refractivity contribution in [2.45, 2.75) is 0 Å². The molecule has 0 aliphatic heterocycles. The third-order valence-electron chi connectivity index (χ3n) is 2.91. The van der Waals surface area contributed by atoms with Crippen molar-refractivity contribution in [1.29, 1.82) is 0 Å². The van der Waals surface area contributed by atoms with Crippen LogP contribution in [-0.4, -0.2) is 20.5 Å². The Morgan fingerprint density at radius 1 is 1.29 bits per heavy atom. The third-order valence-corrected chi connectivity index (χ3v) is 3.20. The second kappa shape index (κ2) is 5.53. The molecule has 2 aromatic rings. The van der Waals surface area contributed by atoms with Crippen molar-refractivity contribution < 1.29 is 9.50 Å². The summed E-state index contributed by atoms with van der Waals surface area (Å²) in [5.41, 5.74) is -1.19. The maximum Gasteiger partial charge on any atom is 0.333 e. The van der Waals surface area contributed by atoms with Gasteiger partial charge in [0.25, 0.3) is 5.56 Å². The number of benzene rings is 1. The van der Waals surface area contributed by atoms with E-state index >= 15 is 0 Å². The van der Waals surface area contributed by atoms with Crippen molar-refractivity contribution in [3.63, 3.8) is 0 Å². The Labute approximate surface area is 123 Å². The molecule has 0 atom stereocenters. The van der Waals surface area contributed by atoms with Gasteiger partial charge in [-0.05, 0) is 18.2 Å². The molecule has 21 heavy (non-hydrogen) atoms. The number of aromatic hydroxyl groups is 1. The van der Waals surface area contributed by atoms with Crippen LogP contribution in [0.4, 0.5) is 10.1 Å². The molecule has 0 aliphatic rings. The van der Waals surface area contributed by atoms with Gasteiger partial charge in [0.05, 0.1) is 10.7 Å². The number of hydrogen-bond acceptors (Lipinski definition) is 4. The van der Waals surface area contributed by atoms with Gasteiger partial charge in [0.1, 0.15) is 11.4 Å². The van der Waals surface area contributed by atoms with Crippen molar-refractivity contribution >= 4 is 23.5 Å². The quantitative estimate of drug-likeness (QED) is 0.850. The molecule has 0 fully saturated rings. The van der Waals surface area contributed by atoms with Crippen molar-refractivity contribution in [2.75, 3.05) is 0 Å². The van der Waals surface area contributed by atoms with Gasteiger partial charge in [0.2, 0.25) is 5.88 Å². The average Bonchev–Trinajstić information content (AvgIpc) is 2.46. The van der Waals surface area contributed by atoms with E-state index in [1.165, 1.54) is 26.2 Å². The van der Waals surface area contributed by atoms with Crippen molar-refractivity contribution in [3.05, 3.63) is 55.4 Å². The molecule has 1 N–H and O–H groups in total. The topological polar surface area (TPSA) is 76.6 Å². The van der Waals surface area contributed by atoms with Crippen LogP contribution in [0.2, 0.25) is 5.02 Å². The predicted molar refractivity (Wildman–Crippen MR) is 77.3 cm³/mol. The van der Waals surface area contributed by atoms with E-state index in [2.05, 4.69) is 4.99 Å². The second-order valence-electron chi connectivity index (χ2n) is 4.30. The van der Waals surface area contributed by atoms with E-state index in [1.54, 1.807) is 0 Å². The number of aromatic nitrogens is 2. The van der Waals surface area contributed by atoms with Gasteiger partial charge in [0.15, 0.2) is 0 Å². The first-order chi connectivity index (χ1) is 9.82. The van der Waals surface area contributed by atoms with E-state index in [1.807, 2.05) is 0 Å². The highest BCUT2D eigenvalue weighted by atomic mass is 35.5. The van der Waals surface area contributed by atoms with Crippen LogP contribution in [0.15, 0.2) is 32.8 Å². The van der Waals surface area contributed by atoms with Crippen LogP contribution >= 0.6 is 11.6 Å². The van der Waals surface area contributed by atoms with E-state index in [0.717, 1.165) is 21.4 Å². The maximum atomic E-state index is 13.0. The van der Waals surface area contributed by atoms with Gasteiger partial charge < -0.3 is 5.11 Å². The zero-order valence-electron chi connectivity index (χ0n) is 11.2. The summed E-state index contributed by atoms with van der Waals surface area (Å²) in [6, 6.07) is 3.77. The Bertz CT molecular complexity index is 855. The molecular weight excluding hydrogens is 301 g/mol. The summed E-state index contributed by atoms with van der Waals surface area (Å²) < 4.78 is 14.8. The molecule has 0 saturated heterocycles. The monoisotopic (exact) mass is 311 g/mol. The average molecular weight is 312 g/mol. The summed E-state index contributed by atoms with van der Waals surface area (Å²) in [5, 5.41) is 9.72. The molecule has 0 radical (unpaired) electrons. The molecule has 0 bridgehead atoms. The van der Waals surface area contributed by atoms with Crippen LogP contribution in [0, 0.1) is 5.82 Å². The summed E-state index contributed by atoms with van der Waals surface area (Å²) in [6.45, 7) is 0. The number of halogens is 2. The molecular formula is C13H11ClFN3O3. The fourth-order valence-electron chi connectivity index (χ4n) is 1.68. The fraction of sp³-hybridized carbons (Fsp3) is 0.154. The Balaban J connectivity index is 2.54. The smallest absolute Gasteiger partial charge is 0.333 e. The van der Waals surface area contributed by atoms with Crippen molar-refractivity contribution in [3.8, 4) is 5.88 Å². The molecule has 0 aliphatic carbocycles. The largest absolute Gasteiger partial charge is 0.494 e. The van der Waals surface area contributed by atoms with Crippen molar-refractivity contribution in [1.82, 2.24) is 9.13 Å². The molecule has 0 amide bonds. The molecule has 1 aromatic heterocycles. The van der Waals surface area contributed by atoms with E-state index in [9.17, 15) is 19.1 Å². The summed E-state index contributed by atoms with van der Waals surface area (Å²) in [6.07, 6.45) is 1.10. The second-order valence-corrected chi connectivity index (χ2v) is 4.71. The van der Waals surface area contributed by atoms with E-state index < -0.39 is 22.9 Å². The Morgan fingerprint density at radius 2 is 1.95 bits per heavy atom. The van der Waals surface area contributed by atoms with Gasteiger partial charge in [0, 0.05) is 20.3 Å². The van der Waals surface area contributed by atoms with Gasteiger partial charge in [-0.2, -0.15) is 0 Å². The highest BCUT2D eigenvalue weighted by Crippen LogP contribution is 2.21. The van der Waals surface area contributed by atoms with Gasteiger partial charge in [-0.3, -0.25) is 18.9 Å². The normalized spacial score (nSPS) is 11.2. The summed E-state index contributed by atoms with van der Waals surface area (Å²) in [5.74, 6) is -1.09. The Hall–Kier alpha value is -2.41. The molecule has 2 rings (SSSR count). The van der Waals surface area contributed by atoms with Gasteiger partial charge in [-0.25, -0.2) is 9.18 Å². The van der Waals surface area contributed by atoms with Crippen LogP contribution in [0.1, 0.15) is 5.56 Å². The Morgan fingerprint density at radius 3 is 2.57 bits per heavy atom. The zero-order valence-corrected chi connectivity index (χ0v) is 11.9. The first-order valence-corrected chi connectivity index (χ1v) is 6.19. The Kier molecular flexibility index (Phi) is 3.95. The number of aliphatic imine (C=N–C) groups is 1. The summed E-state index contributed by atoms with van der Waals surface area (Å²) >= 11 is 5.62. The van der Waals surface area contributed by atoms with Crippen LogP contribution in [0.25, 0.3) is 0 Å². The molecule has 1 aromatic carbocycles. The zero-order chi connectivity index (χ0) is 15.7. The molecule has 1 heterocycles. The van der Waals surface area contributed by atoms with E-state index in [0.29, 0.717) is 5.69 Å². The molecule has 8 heteroatoms. The lowest BCUT2D eigenvalue weighted by Gasteiger charge is -2.07. The highest BCUT2D eigenvalue weighted by molar-refractivity contribution is 6.31. The minimum Gasteiger partial charge on any atom is -0.494 e. The standard InChI is InChI=1S/C13H11ClFN3O3/c1-17-11(19)8(12(20)18(2)13(17)21)6-16-7-3-4-10(15)9(14)5-7/h3-6,19H,1-2H3. The van der Waals surface area contributed by atoms with E-state index in [4.69, 9.17) is 11.6 Å². The van der Waals surface area contributed by atoms with Crippen LogP contribution in [0.5, 0.6) is 5.88 Å². The first-order valence-electron chi connectivity index (χ1n) is 5.81. The van der Waals surface area contributed by atoms with Gasteiger partial charge in [-0.1, -0.05) is 11.6 Å². The maximum absolute atomic E-state index is 13.0. The number of nitrogens with zero attached hydrogens (tertiary/aromatic N) is 3. The third kappa shape index (κ3) is 2.73. The number of hydrogen-bond donors (Lipinski definition) is 1. The lowest BCUT2D eigenvalue weighted by molar-refractivity contribution is 0.410. The van der Waals surface area contributed by atoms with Gasteiger partial charge >= 0.3 is 5.69 Å². The predicted octanol–water partition coefficient (Wildman–Crippen LogP) is 1.33. The lowest BCUT2D eigenvalue weighted by atomic mass is 10.3. The minimum atomic E-state index is -0.687. The number of rotatable bonds is 2. The summed E-state index contributed by atoms with van der Waals surface area (Å²) in [4.78, 5) is 27.4. The molecule has 0 spiro atoms. The van der Waals surface area contributed by atoms with Crippen LogP contribution < -0.4 is 11.2 Å². The van der Waals surface area contributed by atoms with Crippen LogP contribution in [0.3, 0.4) is 0 Å². The highest BCUT2D eigenvalue weighted by Gasteiger charge is 2.12. The first kappa shape index (κ1) is 15.0. The lowest BCUT2D eigenvalue weighted by Crippen LogP contribution is -2.38. The minimum absolute atomic E-state index is 0.109. The van der Waals surface area contributed by atoms with Crippen LogP contribution in [-0.2, 0) is 14.1 Å². The SMILES string of the molecule is Cn1c(O)c(C=Nc2ccc(F)c(Cl)c2)c(=O)n(C)c1=O. The molecule has 0 unspecified atom stereocenters. The van der Waals surface area contributed by atoms with Gasteiger partial charge in [-0.15, -0.1) is 0 Å². The molecule has 6 nitrogen and oxygen atoms in total. The molecule has 0 saturated carbocycles.